The fraction of sp³-hybridized carbons (Fsp3) is 0.600. The molecule has 4 nitrogen and oxygen atoms in total. The SMILES string of the molecule is CCCn1cc(C2CNC(=O)C2)cn1. The molecule has 1 aromatic rings. The lowest BCUT2D eigenvalue weighted by molar-refractivity contribution is -0.119. The molecule has 1 unspecified atom stereocenters. The molecule has 76 valence electrons. The molecule has 14 heavy (non-hydrogen) atoms. The van der Waals surface area contributed by atoms with E-state index in [-0.39, 0.29) is 5.91 Å². The molecule has 1 fully saturated rings. The maximum absolute atomic E-state index is 11.0. The van der Waals surface area contributed by atoms with Gasteiger partial charge in [-0.25, -0.2) is 0 Å². The molecule has 4 heteroatoms. The van der Waals surface area contributed by atoms with Gasteiger partial charge in [0, 0.05) is 31.6 Å². The van der Waals surface area contributed by atoms with Crippen LogP contribution in [0.1, 0.15) is 31.2 Å². The summed E-state index contributed by atoms with van der Waals surface area (Å²) in [6, 6.07) is 0. The highest BCUT2D eigenvalue weighted by molar-refractivity contribution is 5.79. The van der Waals surface area contributed by atoms with Crippen molar-refractivity contribution in [2.45, 2.75) is 32.2 Å². The van der Waals surface area contributed by atoms with Gasteiger partial charge in [-0.05, 0) is 12.0 Å². The summed E-state index contributed by atoms with van der Waals surface area (Å²) in [5.41, 5.74) is 1.18. The molecule has 1 aromatic heterocycles. The summed E-state index contributed by atoms with van der Waals surface area (Å²) < 4.78 is 1.94. The van der Waals surface area contributed by atoms with Gasteiger partial charge >= 0.3 is 0 Å². The van der Waals surface area contributed by atoms with Crippen molar-refractivity contribution < 1.29 is 4.79 Å². The van der Waals surface area contributed by atoms with Crippen LogP contribution in [0.5, 0.6) is 0 Å². The van der Waals surface area contributed by atoms with Crippen molar-refractivity contribution in [3.63, 3.8) is 0 Å². The van der Waals surface area contributed by atoms with Gasteiger partial charge in [0.25, 0.3) is 0 Å². The molecule has 0 bridgehead atoms. The predicted molar refractivity (Wildman–Crippen MR) is 52.9 cm³/mol. The van der Waals surface area contributed by atoms with Crippen molar-refractivity contribution in [2.75, 3.05) is 6.54 Å². The van der Waals surface area contributed by atoms with E-state index in [4.69, 9.17) is 0 Å². The van der Waals surface area contributed by atoms with Crippen molar-refractivity contribution >= 4 is 5.91 Å². The maximum atomic E-state index is 11.0. The van der Waals surface area contributed by atoms with E-state index in [0.717, 1.165) is 19.5 Å². The second kappa shape index (κ2) is 3.82. The van der Waals surface area contributed by atoms with Gasteiger partial charge in [0.05, 0.1) is 6.20 Å². The van der Waals surface area contributed by atoms with Crippen molar-refractivity contribution in [3.05, 3.63) is 18.0 Å². The molecule has 1 aliphatic rings. The Balaban J connectivity index is 2.05. The van der Waals surface area contributed by atoms with Crippen LogP contribution in [0.3, 0.4) is 0 Å². The highest BCUT2D eigenvalue weighted by Crippen LogP contribution is 2.22. The number of hydrogen-bond donors (Lipinski definition) is 1. The van der Waals surface area contributed by atoms with Crippen molar-refractivity contribution in [2.24, 2.45) is 0 Å². The Morgan fingerprint density at radius 2 is 2.57 bits per heavy atom. The molecule has 1 atom stereocenters. The number of carbonyl (C=O) groups excluding carboxylic acids is 1. The molecule has 0 spiro atoms. The molecule has 0 saturated carbocycles. The monoisotopic (exact) mass is 193 g/mol. The third-order valence-electron chi connectivity index (χ3n) is 2.55. The lowest BCUT2D eigenvalue weighted by atomic mass is 10.0. The van der Waals surface area contributed by atoms with E-state index in [9.17, 15) is 4.79 Å². The molecular weight excluding hydrogens is 178 g/mol. The number of nitrogens with one attached hydrogen (secondary N) is 1. The van der Waals surface area contributed by atoms with E-state index in [2.05, 4.69) is 23.5 Å². The van der Waals surface area contributed by atoms with Crippen molar-refractivity contribution in [1.29, 1.82) is 0 Å². The van der Waals surface area contributed by atoms with Gasteiger partial charge in [0.15, 0.2) is 0 Å². The second-order valence-electron chi connectivity index (χ2n) is 3.74. The van der Waals surface area contributed by atoms with E-state index in [1.807, 2.05) is 10.9 Å². The van der Waals surface area contributed by atoms with Crippen LogP contribution in [0.2, 0.25) is 0 Å². The molecule has 1 N–H and O–H groups in total. The molecule has 2 rings (SSSR count). The topological polar surface area (TPSA) is 46.9 Å². The van der Waals surface area contributed by atoms with Gasteiger partial charge in [0.1, 0.15) is 0 Å². The van der Waals surface area contributed by atoms with Crippen LogP contribution < -0.4 is 5.32 Å². The van der Waals surface area contributed by atoms with Gasteiger partial charge in [-0.2, -0.15) is 5.10 Å². The highest BCUT2D eigenvalue weighted by atomic mass is 16.1. The first-order valence-corrected chi connectivity index (χ1v) is 5.08. The zero-order chi connectivity index (χ0) is 9.97. The predicted octanol–water partition coefficient (Wildman–Crippen LogP) is 0.897. The van der Waals surface area contributed by atoms with Gasteiger partial charge in [-0.3, -0.25) is 9.48 Å². The van der Waals surface area contributed by atoms with Gasteiger partial charge in [-0.15, -0.1) is 0 Å². The second-order valence-corrected chi connectivity index (χ2v) is 3.74. The van der Waals surface area contributed by atoms with E-state index in [1.165, 1.54) is 5.56 Å². The summed E-state index contributed by atoms with van der Waals surface area (Å²) in [5, 5.41) is 7.09. The average Bonchev–Trinajstić information content (AvgIpc) is 2.74. The summed E-state index contributed by atoms with van der Waals surface area (Å²) in [7, 11) is 0. The molecule has 1 saturated heterocycles. The standard InChI is InChI=1S/C10H15N3O/c1-2-3-13-7-9(6-12-13)8-4-10(14)11-5-8/h6-8H,2-5H2,1H3,(H,11,14). The minimum Gasteiger partial charge on any atom is -0.355 e. The Morgan fingerprint density at radius 3 is 3.21 bits per heavy atom. The van der Waals surface area contributed by atoms with Crippen LogP contribution in [-0.2, 0) is 11.3 Å². The summed E-state index contributed by atoms with van der Waals surface area (Å²) in [6.07, 6.45) is 5.62. The summed E-state index contributed by atoms with van der Waals surface area (Å²) >= 11 is 0. The number of nitrogens with zero attached hydrogens (tertiary/aromatic N) is 2. The molecule has 0 radical (unpaired) electrons. The number of aromatic nitrogens is 2. The summed E-state index contributed by atoms with van der Waals surface area (Å²) in [5.74, 6) is 0.478. The summed E-state index contributed by atoms with van der Waals surface area (Å²) in [6.45, 7) is 3.84. The van der Waals surface area contributed by atoms with Crippen LogP contribution in [-0.4, -0.2) is 22.2 Å². The number of aryl methyl sites for hydroxylation is 1. The van der Waals surface area contributed by atoms with Gasteiger partial charge in [-0.1, -0.05) is 6.92 Å². The zero-order valence-corrected chi connectivity index (χ0v) is 8.36. The van der Waals surface area contributed by atoms with E-state index in [1.54, 1.807) is 0 Å². The normalized spacial score (nSPS) is 21.2. The third-order valence-corrected chi connectivity index (χ3v) is 2.55. The first-order chi connectivity index (χ1) is 6.79. The molecule has 2 heterocycles. The quantitative estimate of drug-likeness (QED) is 0.775. The highest BCUT2D eigenvalue weighted by Gasteiger charge is 2.23. The van der Waals surface area contributed by atoms with Crippen LogP contribution in [0.15, 0.2) is 12.4 Å². The number of hydrogen-bond acceptors (Lipinski definition) is 2. The smallest absolute Gasteiger partial charge is 0.220 e. The lowest BCUT2D eigenvalue weighted by Crippen LogP contribution is -2.13. The van der Waals surface area contributed by atoms with Crippen LogP contribution in [0.25, 0.3) is 0 Å². The van der Waals surface area contributed by atoms with Crippen molar-refractivity contribution in [1.82, 2.24) is 15.1 Å². The Labute approximate surface area is 83.3 Å². The van der Waals surface area contributed by atoms with Crippen LogP contribution in [0, 0.1) is 0 Å². The van der Waals surface area contributed by atoms with E-state index >= 15 is 0 Å². The fourth-order valence-corrected chi connectivity index (χ4v) is 1.78. The number of rotatable bonds is 3. The molecule has 1 amide bonds. The van der Waals surface area contributed by atoms with E-state index in [0.29, 0.717) is 12.3 Å². The molecule has 0 aromatic carbocycles. The van der Waals surface area contributed by atoms with Crippen LogP contribution >= 0.6 is 0 Å². The third kappa shape index (κ3) is 1.78. The van der Waals surface area contributed by atoms with Crippen LogP contribution in [0.4, 0.5) is 0 Å². The Bertz CT molecular complexity index is 332. The summed E-state index contributed by atoms with van der Waals surface area (Å²) in [4.78, 5) is 11.0. The van der Waals surface area contributed by atoms with Gasteiger partial charge in [0.2, 0.25) is 5.91 Å². The average molecular weight is 193 g/mol. The lowest BCUT2D eigenvalue weighted by Gasteiger charge is -2.01. The molecule has 1 aliphatic heterocycles. The molecule has 0 aliphatic carbocycles. The Morgan fingerprint density at radius 1 is 1.71 bits per heavy atom. The maximum Gasteiger partial charge on any atom is 0.220 e. The fourth-order valence-electron chi connectivity index (χ4n) is 1.78. The minimum atomic E-state index is 0.151. The first-order valence-electron chi connectivity index (χ1n) is 5.08. The minimum absolute atomic E-state index is 0.151. The number of amides is 1. The van der Waals surface area contributed by atoms with Crippen molar-refractivity contribution in [3.8, 4) is 0 Å². The largest absolute Gasteiger partial charge is 0.355 e. The molecular formula is C10H15N3O. The Kier molecular flexibility index (Phi) is 2.52. The van der Waals surface area contributed by atoms with Gasteiger partial charge < -0.3 is 5.32 Å². The first kappa shape index (κ1) is 9.24. The number of carbonyl (C=O) groups is 1. The van der Waals surface area contributed by atoms with E-state index < -0.39 is 0 Å². The zero-order valence-electron chi connectivity index (χ0n) is 8.36. The Hall–Kier alpha value is -1.32.